The maximum Gasteiger partial charge on any atom is 0.338 e. The highest BCUT2D eigenvalue weighted by molar-refractivity contribution is 7.10. The molecule has 4 aromatic rings. The summed E-state index contributed by atoms with van der Waals surface area (Å²) in [5.41, 5.74) is 2.09. The summed E-state index contributed by atoms with van der Waals surface area (Å²) in [6.07, 6.45) is 1.76. The number of carbonyl (C=O) groups is 1. The first-order valence-electron chi connectivity index (χ1n) is 12.3. The van der Waals surface area contributed by atoms with Gasteiger partial charge in [0.05, 0.1) is 39.6 Å². The summed E-state index contributed by atoms with van der Waals surface area (Å²) in [6.45, 7) is 3.94. The van der Waals surface area contributed by atoms with Gasteiger partial charge in [0.25, 0.3) is 5.56 Å². The Morgan fingerprint density at radius 3 is 2.67 bits per heavy atom. The third kappa shape index (κ3) is 5.47. The van der Waals surface area contributed by atoms with Crippen molar-refractivity contribution in [1.82, 2.24) is 4.57 Å². The van der Waals surface area contributed by atoms with Crippen molar-refractivity contribution in [3.05, 3.63) is 111 Å². The zero-order chi connectivity index (χ0) is 28.4. The van der Waals surface area contributed by atoms with Crippen LogP contribution in [0.2, 0.25) is 10.0 Å². The number of ether oxygens (including phenoxy) is 3. The van der Waals surface area contributed by atoms with Gasteiger partial charge in [0.15, 0.2) is 16.3 Å². The number of benzene rings is 2. The predicted molar refractivity (Wildman–Crippen MR) is 159 cm³/mol. The third-order valence-electron chi connectivity index (χ3n) is 6.21. The van der Waals surface area contributed by atoms with E-state index in [1.807, 2.05) is 35.7 Å². The molecule has 206 valence electrons. The van der Waals surface area contributed by atoms with E-state index in [0.717, 1.165) is 10.4 Å². The Labute approximate surface area is 248 Å². The van der Waals surface area contributed by atoms with Crippen LogP contribution in [0.25, 0.3) is 6.08 Å². The molecule has 0 saturated carbocycles. The summed E-state index contributed by atoms with van der Waals surface area (Å²) in [4.78, 5) is 32.8. The maximum atomic E-state index is 13.9. The van der Waals surface area contributed by atoms with Gasteiger partial charge >= 0.3 is 5.97 Å². The lowest BCUT2D eigenvalue weighted by atomic mass is 10.0. The average Bonchev–Trinajstić information content (AvgIpc) is 3.57. The number of fused-ring (bicyclic) bond motifs is 1. The minimum Gasteiger partial charge on any atom is -0.493 e. The van der Waals surface area contributed by atoms with E-state index >= 15 is 0 Å². The molecule has 7 nitrogen and oxygen atoms in total. The molecule has 1 atom stereocenters. The highest BCUT2D eigenvalue weighted by Gasteiger charge is 2.34. The number of thiazole rings is 1. The van der Waals surface area contributed by atoms with Crippen molar-refractivity contribution >= 4 is 57.9 Å². The van der Waals surface area contributed by atoms with Crippen LogP contribution in [-0.2, 0) is 16.1 Å². The van der Waals surface area contributed by atoms with Gasteiger partial charge in [-0.3, -0.25) is 9.36 Å². The number of aromatic nitrogens is 1. The highest BCUT2D eigenvalue weighted by Crippen LogP contribution is 2.34. The third-order valence-corrected chi connectivity index (χ3v) is 8.86. The van der Waals surface area contributed by atoms with E-state index in [1.165, 1.54) is 22.7 Å². The zero-order valence-electron chi connectivity index (χ0n) is 21.8. The number of carbonyl (C=O) groups excluding carboxylic acids is 1. The summed E-state index contributed by atoms with van der Waals surface area (Å²) < 4.78 is 19.1. The van der Waals surface area contributed by atoms with Gasteiger partial charge in [0.2, 0.25) is 0 Å². The number of hydrogen-bond donors (Lipinski definition) is 0. The van der Waals surface area contributed by atoms with Crippen LogP contribution < -0.4 is 24.4 Å². The van der Waals surface area contributed by atoms with Crippen LogP contribution in [0, 0.1) is 0 Å². The number of hydrogen-bond acceptors (Lipinski definition) is 8. The van der Waals surface area contributed by atoms with Crippen LogP contribution >= 0.6 is 45.9 Å². The van der Waals surface area contributed by atoms with Crippen molar-refractivity contribution in [1.29, 1.82) is 0 Å². The molecular formula is C29H24Cl2N2O5S2. The molecule has 0 unspecified atom stereocenters. The molecule has 0 fully saturated rings. The van der Waals surface area contributed by atoms with Crippen molar-refractivity contribution in [3.8, 4) is 11.5 Å². The molecule has 11 heteroatoms. The highest BCUT2D eigenvalue weighted by atomic mass is 35.5. The molecule has 0 amide bonds. The average molecular weight is 616 g/mol. The summed E-state index contributed by atoms with van der Waals surface area (Å²) in [5.74, 6) is 0.501. The number of esters is 1. The first kappa shape index (κ1) is 28.2. The number of methoxy groups -OCH3 is 1. The van der Waals surface area contributed by atoms with E-state index in [0.29, 0.717) is 47.7 Å². The van der Waals surface area contributed by atoms with Crippen LogP contribution in [0.4, 0.5) is 0 Å². The molecule has 0 saturated heterocycles. The second-order valence-corrected chi connectivity index (χ2v) is 11.5. The number of para-hydroxylation sites is 1. The van der Waals surface area contributed by atoms with E-state index in [4.69, 9.17) is 37.4 Å². The summed E-state index contributed by atoms with van der Waals surface area (Å²) in [7, 11) is 1.56. The van der Waals surface area contributed by atoms with Crippen molar-refractivity contribution in [2.24, 2.45) is 4.99 Å². The molecule has 2 aromatic heterocycles. The molecule has 5 rings (SSSR count). The van der Waals surface area contributed by atoms with Gasteiger partial charge in [-0.2, -0.15) is 0 Å². The van der Waals surface area contributed by atoms with Crippen LogP contribution in [0.5, 0.6) is 11.5 Å². The van der Waals surface area contributed by atoms with E-state index in [9.17, 15) is 9.59 Å². The molecule has 40 heavy (non-hydrogen) atoms. The molecule has 1 aliphatic rings. The van der Waals surface area contributed by atoms with E-state index in [2.05, 4.69) is 4.99 Å². The Morgan fingerprint density at radius 2 is 1.98 bits per heavy atom. The predicted octanol–water partition coefficient (Wildman–Crippen LogP) is 5.75. The van der Waals surface area contributed by atoms with Gasteiger partial charge in [-0.05, 0) is 55.1 Å². The largest absolute Gasteiger partial charge is 0.493 e. The first-order chi connectivity index (χ1) is 19.3. The molecule has 0 aliphatic carbocycles. The van der Waals surface area contributed by atoms with E-state index < -0.39 is 12.0 Å². The fraction of sp³-hybridized carbons (Fsp3) is 0.207. The minimum atomic E-state index is -0.631. The van der Waals surface area contributed by atoms with Crippen LogP contribution in [0.3, 0.4) is 0 Å². The number of allylic oxidation sites excluding steroid dienone is 1. The lowest BCUT2D eigenvalue weighted by molar-refractivity contribution is -0.139. The fourth-order valence-corrected chi connectivity index (χ4v) is 6.58. The van der Waals surface area contributed by atoms with Crippen LogP contribution in [0.15, 0.2) is 75.0 Å². The van der Waals surface area contributed by atoms with Crippen molar-refractivity contribution < 1.29 is 19.0 Å². The standard InChI is InChI=1S/C29H24Cl2N2O5S2/c1-4-37-28(35)24-16(2)32-29-33(25(24)22-9-6-12-39-22)27(34)23(40-29)14-18-7-5-8-21(36-3)26(18)38-15-17-10-11-19(30)20(31)13-17/h5-14,25H,4,15H2,1-3H3/b23-14-/t25-/m0/s1. The molecule has 0 bridgehead atoms. The molecular weight excluding hydrogens is 591 g/mol. The van der Waals surface area contributed by atoms with Gasteiger partial charge in [-0.25, -0.2) is 9.79 Å². The van der Waals surface area contributed by atoms with Crippen molar-refractivity contribution in [2.75, 3.05) is 13.7 Å². The van der Waals surface area contributed by atoms with Gasteiger partial charge in [0.1, 0.15) is 12.6 Å². The van der Waals surface area contributed by atoms with Crippen LogP contribution in [-0.4, -0.2) is 24.3 Å². The Hall–Kier alpha value is -3.37. The van der Waals surface area contributed by atoms with E-state index in [-0.39, 0.29) is 18.8 Å². The molecule has 0 spiro atoms. The Morgan fingerprint density at radius 1 is 1.15 bits per heavy atom. The second kappa shape index (κ2) is 12.0. The van der Waals surface area contributed by atoms with Gasteiger partial charge in [-0.1, -0.05) is 58.8 Å². The summed E-state index contributed by atoms with van der Waals surface area (Å²) >= 11 is 14.9. The molecule has 3 heterocycles. The number of rotatable bonds is 8. The van der Waals surface area contributed by atoms with Gasteiger partial charge in [0, 0.05) is 10.4 Å². The second-order valence-electron chi connectivity index (χ2n) is 8.73. The van der Waals surface area contributed by atoms with Gasteiger partial charge < -0.3 is 14.2 Å². The molecule has 0 N–H and O–H groups in total. The Bertz CT molecular complexity index is 1790. The smallest absolute Gasteiger partial charge is 0.338 e. The molecule has 0 radical (unpaired) electrons. The quantitative estimate of drug-likeness (QED) is 0.236. The van der Waals surface area contributed by atoms with Crippen molar-refractivity contribution in [2.45, 2.75) is 26.5 Å². The normalized spacial score (nSPS) is 15.0. The fourth-order valence-electron chi connectivity index (χ4n) is 4.40. The lowest BCUT2D eigenvalue weighted by Gasteiger charge is -2.23. The van der Waals surface area contributed by atoms with Crippen LogP contribution in [0.1, 0.15) is 35.9 Å². The van der Waals surface area contributed by atoms with Gasteiger partial charge in [-0.15, -0.1) is 11.3 Å². The first-order valence-corrected chi connectivity index (χ1v) is 14.7. The summed E-state index contributed by atoms with van der Waals surface area (Å²) in [6, 6.07) is 13.9. The monoisotopic (exact) mass is 614 g/mol. The minimum absolute atomic E-state index is 0.208. The number of halogens is 2. The Balaban J connectivity index is 1.60. The maximum absolute atomic E-state index is 13.9. The lowest BCUT2D eigenvalue weighted by Crippen LogP contribution is -2.39. The summed E-state index contributed by atoms with van der Waals surface area (Å²) in [5, 5.41) is 2.81. The SMILES string of the molecule is CCOC(=O)C1=C(C)N=c2s/c(=C\c3cccc(OC)c3OCc3ccc(Cl)c(Cl)c3)c(=O)n2[C@H]1c1cccs1. The number of thiophene rings is 1. The number of nitrogens with zero attached hydrogens (tertiary/aromatic N) is 2. The van der Waals surface area contributed by atoms with E-state index in [1.54, 1.807) is 49.8 Å². The topological polar surface area (TPSA) is 79.1 Å². The molecule has 2 aromatic carbocycles. The zero-order valence-corrected chi connectivity index (χ0v) is 24.9. The molecule has 1 aliphatic heterocycles. The Kier molecular flexibility index (Phi) is 8.46. The van der Waals surface area contributed by atoms with Crippen molar-refractivity contribution in [3.63, 3.8) is 0 Å².